The highest BCUT2D eigenvalue weighted by atomic mass is 14.9. The van der Waals surface area contributed by atoms with Crippen LogP contribution < -0.4 is 0 Å². The third-order valence-corrected chi connectivity index (χ3v) is 13.8. The molecule has 0 saturated carbocycles. The van der Waals surface area contributed by atoms with Crippen LogP contribution in [-0.4, -0.2) is 9.97 Å². The number of nitrogens with zero attached hydrogens (tertiary/aromatic N) is 2. The fourth-order valence-corrected chi connectivity index (χ4v) is 10.6. The summed E-state index contributed by atoms with van der Waals surface area (Å²) in [4.78, 5) is 10.8. The number of benzene rings is 9. The van der Waals surface area contributed by atoms with Gasteiger partial charge in [-0.1, -0.05) is 178 Å². The Morgan fingerprint density at radius 2 is 0.869 bits per heavy atom. The fourth-order valence-electron chi connectivity index (χ4n) is 10.6. The zero-order valence-corrected chi connectivity index (χ0v) is 34.4. The summed E-state index contributed by atoms with van der Waals surface area (Å²) in [6, 6.07) is 73.2. The summed E-state index contributed by atoms with van der Waals surface area (Å²) in [5, 5.41) is 4.88. The molecule has 0 saturated heterocycles. The van der Waals surface area contributed by atoms with Crippen LogP contribution in [0.3, 0.4) is 0 Å². The fraction of sp³-hybridized carbons (Fsp3) is 0.0847. The van der Waals surface area contributed by atoms with Crippen LogP contribution in [0.4, 0.5) is 0 Å². The van der Waals surface area contributed by atoms with Gasteiger partial charge in [0.2, 0.25) is 0 Å². The molecule has 2 aliphatic rings. The zero-order valence-electron chi connectivity index (χ0n) is 34.4. The van der Waals surface area contributed by atoms with Crippen LogP contribution in [0, 0.1) is 0 Å². The van der Waals surface area contributed by atoms with Gasteiger partial charge in [0.05, 0.1) is 11.4 Å². The Bertz CT molecular complexity index is 3400. The zero-order chi connectivity index (χ0) is 40.9. The van der Waals surface area contributed by atoms with Crippen LogP contribution in [0.15, 0.2) is 200 Å². The molecule has 1 aromatic heterocycles. The Kier molecular flexibility index (Phi) is 7.74. The predicted molar refractivity (Wildman–Crippen MR) is 254 cm³/mol. The van der Waals surface area contributed by atoms with E-state index in [0.717, 1.165) is 33.5 Å². The van der Waals surface area contributed by atoms with Gasteiger partial charge < -0.3 is 0 Å². The molecule has 1 unspecified atom stereocenters. The van der Waals surface area contributed by atoms with Crippen LogP contribution in [0.5, 0.6) is 0 Å². The van der Waals surface area contributed by atoms with Crippen LogP contribution in [0.2, 0.25) is 0 Å². The number of hydrogen-bond donors (Lipinski definition) is 0. The van der Waals surface area contributed by atoms with Crippen LogP contribution in [0.25, 0.3) is 88.8 Å². The van der Waals surface area contributed by atoms with Crippen molar-refractivity contribution in [3.05, 3.63) is 228 Å². The summed E-state index contributed by atoms with van der Waals surface area (Å²) in [6.07, 6.45) is 0. The highest BCUT2D eigenvalue weighted by molar-refractivity contribution is 6.05. The molecule has 61 heavy (non-hydrogen) atoms. The van der Waals surface area contributed by atoms with Gasteiger partial charge in [-0.05, 0) is 126 Å². The van der Waals surface area contributed by atoms with Crippen molar-refractivity contribution in [1.29, 1.82) is 0 Å². The maximum Gasteiger partial charge on any atom is 0.161 e. The van der Waals surface area contributed by atoms with E-state index in [-0.39, 0.29) is 10.8 Å². The van der Waals surface area contributed by atoms with Gasteiger partial charge in [0, 0.05) is 27.5 Å². The van der Waals surface area contributed by atoms with E-state index in [9.17, 15) is 0 Å². The van der Waals surface area contributed by atoms with E-state index in [1.807, 2.05) is 0 Å². The lowest BCUT2D eigenvalue weighted by atomic mass is 9.74. The molecule has 9 aromatic carbocycles. The second-order valence-corrected chi connectivity index (χ2v) is 17.5. The average molecular weight is 779 g/mol. The molecule has 12 rings (SSSR count). The summed E-state index contributed by atoms with van der Waals surface area (Å²) >= 11 is 0. The maximum absolute atomic E-state index is 5.43. The normalized spacial score (nSPS) is 15.7. The predicted octanol–water partition coefficient (Wildman–Crippen LogP) is 15.1. The van der Waals surface area contributed by atoms with E-state index in [1.54, 1.807) is 0 Å². The summed E-state index contributed by atoms with van der Waals surface area (Å²) in [6.45, 7) is 7.08. The third-order valence-electron chi connectivity index (χ3n) is 13.8. The van der Waals surface area contributed by atoms with Crippen LogP contribution >= 0.6 is 0 Å². The van der Waals surface area contributed by atoms with Gasteiger partial charge in [-0.3, -0.25) is 0 Å². The van der Waals surface area contributed by atoms with Crippen molar-refractivity contribution in [3.63, 3.8) is 0 Å². The van der Waals surface area contributed by atoms with Crippen molar-refractivity contribution in [2.75, 3.05) is 0 Å². The molecule has 0 fully saturated rings. The van der Waals surface area contributed by atoms with Gasteiger partial charge in [-0.25, -0.2) is 9.97 Å². The first-order chi connectivity index (χ1) is 29.9. The first-order valence-corrected chi connectivity index (χ1v) is 21.3. The Labute approximate surface area is 356 Å². The Morgan fingerprint density at radius 1 is 0.328 bits per heavy atom. The van der Waals surface area contributed by atoms with Gasteiger partial charge in [0.15, 0.2) is 5.82 Å². The lowest BCUT2D eigenvalue weighted by molar-refractivity contribution is 0.661. The third kappa shape index (κ3) is 5.35. The van der Waals surface area contributed by atoms with Crippen molar-refractivity contribution < 1.29 is 0 Å². The van der Waals surface area contributed by atoms with Gasteiger partial charge in [0.25, 0.3) is 0 Å². The summed E-state index contributed by atoms with van der Waals surface area (Å²) in [5.41, 5.74) is 18.9. The molecule has 10 aromatic rings. The lowest BCUT2D eigenvalue weighted by Crippen LogP contribution is -2.22. The number of hydrogen-bond acceptors (Lipinski definition) is 2. The van der Waals surface area contributed by atoms with Gasteiger partial charge >= 0.3 is 0 Å². The molecule has 0 bridgehead atoms. The summed E-state index contributed by atoms with van der Waals surface area (Å²) < 4.78 is 0. The molecule has 2 nitrogen and oxygen atoms in total. The van der Waals surface area contributed by atoms with E-state index in [1.165, 1.54) is 77.4 Å². The van der Waals surface area contributed by atoms with Crippen molar-refractivity contribution in [2.24, 2.45) is 0 Å². The minimum absolute atomic E-state index is 0.0816. The van der Waals surface area contributed by atoms with E-state index < -0.39 is 0 Å². The van der Waals surface area contributed by atoms with Crippen molar-refractivity contribution in [2.45, 2.75) is 31.6 Å². The lowest BCUT2D eigenvalue weighted by Gasteiger charge is -2.28. The maximum atomic E-state index is 5.43. The molecule has 1 atom stereocenters. The second-order valence-electron chi connectivity index (χ2n) is 17.5. The van der Waals surface area contributed by atoms with Gasteiger partial charge in [-0.15, -0.1) is 0 Å². The molecule has 2 heteroatoms. The molecule has 1 heterocycles. The Morgan fingerprint density at radius 3 is 1.66 bits per heavy atom. The van der Waals surface area contributed by atoms with E-state index in [2.05, 4.69) is 221 Å². The Hall–Kier alpha value is -7.42. The van der Waals surface area contributed by atoms with E-state index in [0.29, 0.717) is 5.82 Å². The monoisotopic (exact) mass is 778 g/mol. The van der Waals surface area contributed by atoms with Crippen LogP contribution in [-0.2, 0) is 10.8 Å². The van der Waals surface area contributed by atoms with Crippen molar-refractivity contribution >= 4 is 21.5 Å². The standard InChI is InChI=1S/C59H42N2/c1-58(2)51-30-26-40(33-49(51)50-32-38-18-10-11-19-39(38)35-54(50)58)43-28-29-47(45-23-13-12-22-44(43)45)57-60-55(37-16-6-4-7-17-37)36-56(61-57)41-27-31-53-48(34-41)46-24-14-15-25-52(46)59(53,3)42-20-8-5-9-21-42/h4-36H,1-3H3. The minimum atomic E-state index is -0.259. The van der Waals surface area contributed by atoms with Crippen molar-refractivity contribution in [3.8, 4) is 67.3 Å². The number of aromatic nitrogens is 2. The number of fused-ring (bicyclic) bond motifs is 8. The molecule has 0 N–H and O–H groups in total. The largest absolute Gasteiger partial charge is 0.228 e. The average Bonchev–Trinajstić information content (AvgIpc) is 3.71. The molecule has 0 spiro atoms. The molecular formula is C59H42N2. The number of rotatable bonds is 5. The topological polar surface area (TPSA) is 25.8 Å². The second kappa shape index (κ2) is 13.3. The van der Waals surface area contributed by atoms with E-state index >= 15 is 0 Å². The molecular weight excluding hydrogens is 737 g/mol. The SMILES string of the molecule is CC1(C)c2ccc(-c3ccc(-c4nc(-c5ccccc5)cc(-c5ccc6c(c5)-c5ccccc5C6(C)c5ccccc5)n4)c4ccccc34)cc2-c2cc3ccccc3cc21. The molecule has 0 aliphatic heterocycles. The summed E-state index contributed by atoms with van der Waals surface area (Å²) in [5.74, 6) is 0.714. The quantitative estimate of drug-likeness (QED) is 0.174. The Balaban J connectivity index is 1.01. The van der Waals surface area contributed by atoms with Crippen molar-refractivity contribution in [1.82, 2.24) is 9.97 Å². The van der Waals surface area contributed by atoms with Gasteiger partial charge in [-0.2, -0.15) is 0 Å². The summed E-state index contributed by atoms with van der Waals surface area (Å²) in [7, 11) is 0. The van der Waals surface area contributed by atoms with Crippen LogP contribution in [0.1, 0.15) is 48.6 Å². The van der Waals surface area contributed by atoms with Gasteiger partial charge in [0.1, 0.15) is 0 Å². The van der Waals surface area contributed by atoms with E-state index in [4.69, 9.17) is 9.97 Å². The highest BCUT2D eigenvalue weighted by Gasteiger charge is 2.41. The highest BCUT2D eigenvalue weighted by Crippen LogP contribution is 2.54. The molecule has 2 aliphatic carbocycles. The first kappa shape index (κ1) is 35.5. The molecule has 288 valence electrons. The molecule has 0 amide bonds. The minimum Gasteiger partial charge on any atom is -0.228 e. The first-order valence-electron chi connectivity index (χ1n) is 21.3. The smallest absolute Gasteiger partial charge is 0.161 e. The molecule has 0 radical (unpaired) electrons.